The molecule has 3 atom stereocenters. The van der Waals surface area contributed by atoms with Gasteiger partial charge in [-0.25, -0.2) is 0 Å². The van der Waals surface area contributed by atoms with Crippen LogP contribution < -0.4 is 5.32 Å². The van der Waals surface area contributed by atoms with Crippen LogP contribution in [0.5, 0.6) is 0 Å². The molecule has 1 aromatic heterocycles. The van der Waals surface area contributed by atoms with Gasteiger partial charge in [0.2, 0.25) is 29.5 Å². The van der Waals surface area contributed by atoms with Gasteiger partial charge in [0, 0.05) is 94.6 Å². The van der Waals surface area contributed by atoms with E-state index in [0.717, 1.165) is 53.5 Å². The van der Waals surface area contributed by atoms with E-state index in [4.69, 9.17) is 0 Å². The lowest BCUT2D eigenvalue weighted by atomic mass is 9.65. The Morgan fingerprint density at radius 2 is 1.68 bits per heavy atom. The molecule has 0 bridgehead atoms. The SMILES string of the molecule is CC[C@]12c3[nH]c4cc(CCC(=O)N(C)C)ccc4c3CCN1C(=O)[C@@H](CC(=O)NCCCN(C)C)C[C@@H]2C(=O)N1CCN(C(=O)C2CC2)CC1. The molecule has 1 saturated carbocycles. The van der Waals surface area contributed by atoms with Gasteiger partial charge in [-0.2, -0.15) is 0 Å². The first-order valence-electron chi connectivity index (χ1n) is 18.6. The summed E-state index contributed by atoms with van der Waals surface area (Å²) in [5, 5.41) is 4.08. The number of hydrogen-bond acceptors (Lipinski definition) is 6. The summed E-state index contributed by atoms with van der Waals surface area (Å²) in [5.41, 5.74) is 3.17. The quantitative estimate of drug-likeness (QED) is 0.330. The Labute approximate surface area is 295 Å². The summed E-state index contributed by atoms with van der Waals surface area (Å²) in [6, 6.07) is 6.29. The monoisotopic (exact) mass is 689 g/mol. The van der Waals surface area contributed by atoms with Crippen LogP contribution in [-0.4, -0.2) is 133 Å². The van der Waals surface area contributed by atoms with Crippen LogP contribution in [0.3, 0.4) is 0 Å². The topological polar surface area (TPSA) is 129 Å². The van der Waals surface area contributed by atoms with Crippen molar-refractivity contribution >= 4 is 40.4 Å². The van der Waals surface area contributed by atoms with Crippen molar-refractivity contribution in [3.8, 4) is 0 Å². The molecule has 4 aliphatic rings. The van der Waals surface area contributed by atoms with Gasteiger partial charge in [-0.05, 0) is 82.8 Å². The van der Waals surface area contributed by atoms with E-state index in [1.54, 1.807) is 19.0 Å². The Bertz CT molecular complexity index is 1620. The van der Waals surface area contributed by atoms with Crippen molar-refractivity contribution in [3.05, 3.63) is 35.0 Å². The number of H-pyrrole nitrogens is 1. The summed E-state index contributed by atoms with van der Waals surface area (Å²) in [7, 11) is 7.52. The molecule has 0 unspecified atom stereocenters. The third kappa shape index (κ3) is 7.00. The summed E-state index contributed by atoms with van der Waals surface area (Å²) in [4.78, 5) is 80.6. The zero-order valence-electron chi connectivity index (χ0n) is 30.6. The minimum atomic E-state index is -0.887. The minimum absolute atomic E-state index is 0.00587. The number of nitrogens with zero attached hydrogens (tertiary/aromatic N) is 5. The number of aromatic amines is 1. The van der Waals surface area contributed by atoms with Gasteiger partial charge in [0.05, 0.1) is 11.5 Å². The van der Waals surface area contributed by atoms with Crippen LogP contribution in [0.1, 0.15) is 68.7 Å². The van der Waals surface area contributed by atoms with Crippen LogP contribution in [0.15, 0.2) is 18.2 Å². The van der Waals surface area contributed by atoms with Crippen molar-refractivity contribution in [2.24, 2.45) is 17.8 Å². The van der Waals surface area contributed by atoms with Gasteiger partial charge >= 0.3 is 0 Å². The maximum absolute atomic E-state index is 14.8. The van der Waals surface area contributed by atoms with Gasteiger partial charge in [-0.1, -0.05) is 19.1 Å². The normalized spacial score (nSPS) is 23.6. The third-order valence-electron chi connectivity index (χ3n) is 11.5. The molecule has 50 heavy (non-hydrogen) atoms. The maximum atomic E-state index is 14.8. The molecular weight excluding hydrogens is 634 g/mol. The molecule has 0 spiro atoms. The molecule has 4 heterocycles. The Balaban J connectivity index is 1.30. The van der Waals surface area contributed by atoms with Gasteiger partial charge in [0.15, 0.2) is 0 Å². The molecule has 1 aromatic carbocycles. The van der Waals surface area contributed by atoms with Crippen LogP contribution in [0, 0.1) is 17.8 Å². The summed E-state index contributed by atoms with van der Waals surface area (Å²) in [6.07, 6.45) is 5.30. The Morgan fingerprint density at radius 1 is 0.980 bits per heavy atom. The molecule has 1 aliphatic carbocycles. The third-order valence-corrected chi connectivity index (χ3v) is 11.5. The van der Waals surface area contributed by atoms with Gasteiger partial charge in [-0.3, -0.25) is 24.0 Å². The number of nitrogens with one attached hydrogen (secondary N) is 2. The van der Waals surface area contributed by atoms with Gasteiger partial charge in [0.1, 0.15) is 0 Å². The largest absolute Gasteiger partial charge is 0.356 e. The van der Waals surface area contributed by atoms with Crippen LogP contribution in [-0.2, 0) is 42.4 Å². The van der Waals surface area contributed by atoms with Crippen LogP contribution >= 0.6 is 0 Å². The highest BCUT2D eigenvalue weighted by atomic mass is 16.2. The predicted octanol–water partition coefficient (Wildman–Crippen LogP) is 2.35. The van der Waals surface area contributed by atoms with E-state index in [-0.39, 0.29) is 41.9 Å². The number of aromatic nitrogens is 1. The number of fused-ring (bicyclic) bond motifs is 5. The maximum Gasteiger partial charge on any atom is 0.228 e. The van der Waals surface area contributed by atoms with Crippen LogP contribution in [0.25, 0.3) is 10.9 Å². The average Bonchev–Trinajstić information content (AvgIpc) is 3.89. The predicted molar refractivity (Wildman–Crippen MR) is 191 cm³/mol. The minimum Gasteiger partial charge on any atom is -0.356 e. The highest BCUT2D eigenvalue weighted by Gasteiger charge is 2.59. The molecule has 12 nitrogen and oxygen atoms in total. The Morgan fingerprint density at radius 3 is 2.32 bits per heavy atom. The number of carbonyl (C=O) groups is 5. The van der Waals surface area contributed by atoms with Crippen LogP contribution in [0.2, 0.25) is 0 Å². The molecule has 3 fully saturated rings. The molecule has 2 N–H and O–H groups in total. The Hall–Kier alpha value is -3.93. The molecular formula is C38H55N7O5. The van der Waals surface area contributed by atoms with Crippen molar-refractivity contribution in [1.29, 1.82) is 0 Å². The summed E-state index contributed by atoms with van der Waals surface area (Å²) in [6.45, 7) is 5.89. The molecule has 5 amide bonds. The summed E-state index contributed by atoms with van der Waals surface area (Å²) in [5.74, 6) is -0.950. The second-order valence-corrected chi connectivity index (χ2v) is 15.3. The first-order chi connectivity index (χ1) is 23.9. The lowest BCUT2D eigenvalue weighted by Gasteiger charge is -2.56. The number of rotatable bonds is 12. The molecule has 272 valence electrons. The number of amides is 5. The summed E-state index contributed by atoms with van der Waals surface area (Å²) >= 11 is 0. The zero-order chi connectivity index (χ0) is 35.7. The smallest absolute Gasteiger partial charge is 0.228 e. The number of carbonyl (C=O) groups excluding carboxylic acids is 5. The Kier molecular flexibility index (Phi) is 10.6. The van der Waals surface area contributed by atoms with Crippen LogP contribution in [0.4, 0.5) is 0 Å². The van der Waals surface area contributed by atoms with E-state index in [1.807, 2.05) is 28.8 Å². The number of aryl methyl sites for hydroxylation is 1. The second-order valence-electron chi connectivity index (χ2n) is 15.3. The van der Waals surface area contributed by atoms with E-state index in [1.165, 1.54) is 0 Å². The fraction of sp³-hybridized carbons (Fsp3) is 0.658. The van der Waals surface area contributed by atoms with Crippen molar-refractivity contribution in [2.75, 3.05) is 74.0 Å². The second kappa shape index (κ2) is 14.7. The van der Waals surface area contributed by atoms with E-state index in [9.17, 15) is 24.0 Å². The van der Waals surface area contributed by atoms with Crippen molar-refractivity contribution in [2.45, 2.75) is 70.3 Å². The molecule has 0 radical (unpaired) electrons. The van der Waals surface area contributed by atoms with Crippen molar-refractivity contribution in [1.82, 2.24) is 34.8 Å². The molecule has 2 aromatic rings. The zero-order valence-corrected chi connectivity index (χ0v) is 30.6. The van der Waals surface area contributed by atoms with E-state index < -0.39 is 17.4 Å². The van der Waals surface area contributed by atoms with E-state index in [2.05, 4.69) is 40.3 Å². The standard InChI is InChI=1S/C38H55N7O5/c1-6-38-30(37(50)44-20-18-43(19-21-44)35(48)26-10-11-26)23-27(24-32(46)39-15-7-16-41(2)3)36(49)45(38)17-14-29-28-12-8-25(9-13-33(47)42(4)5)22-31(28)40-34(29)38/h8,12,22,26-27,30,40H,6-7,9-11,13-21,23-24H2,1-5H3,(H,39,46)/t27-,30-,38+/m1/s1. The number of piperidine rings is 1. The average molecular weight is 690 g/mol. The van der Waals surface area contributed by atoms with E-state index in [0.29, 0.717) is 71.4 Å². The number of benzene rings is 1. The molecule has 6 rings (SSSR count). The van der Waals surface area contributed by atoms with Gasteiger partial charge < -0.3 is 34.8 Å². The molecule has 2 saturated heterocycles. The fourth-order valence-electron chi connectivity index (χ4n) is 8.56. The van der Waals surface area contributed by atoms with E-state index >= 15 is 0 Å². The lowest BCUT2D eigenvalue weighted by molar-refractivity contribution is -0.167. The number of piperazine rings is 1. The summed E-state index contributed by atoms with van der Waals surface area (Å²) < 4.78 is 0. The van der Waals surface area contributed by atoms with Gasteiger partial charge in [-0.15, -0.1) is 0 Å². The van der Waals surface area contributed by atoms with Crippen molar-refractivity contribution in [3.63, 3.8) is 0 Å². The molecule has 12 heteroatoms. The van der Waals surface area contributed by atoms with Gasteiger partial charge in [0.25, 0.3) is 0 Å². The highest BCUT2D eigenvalue weighted by molar-refractivity contribution is 5.93. The lowest BCUT2D eigenvalue weighted by Crippen LogP contribution is -2.66. The molecule has 3 aliphatic heterocycles. The first kappa shape index (κ1) is 35.9. The first-order valence-corrected chi connectivity index (χ1v) is 18.6. The van der Waals surface area contributed by atoms with Crippen molar-refractivity contribution < 1.29 is 24.0 Å². The fourth-order valence-corrected chi connectivity index (χ4v) is 8.56. The number of hydrogen-bond donors (Lipinski definition) is 2. The highest BCUT2D eigenvalue weighted by Crippen LogP contribution is 2.52.